The van der Waals surface area contributed by atoms with Crippen molar-refractivity contribution in [3.63, 3.8) is 0 Å². The topological polar surface area (TPSA) is 32.7 Å². The van der Waals surface area contributed by atoms with Gasteiger partial charge in [0.05, 0.1) is 12.6 Å². The first-order chi connectivity index (χ1) is 9.70. The lowest BCUT2D eigenvalue weighted by molar-refractivity contribution is 0.170. The van der Waals surface area contributed by atoms with Crippen LogP contribution in [0.3, 0.4) is 0 Å². The van der Waals surface area contributed by atoms with Crippen LogP contribution in [-0.4, -0.2) is 30.7 Å². The van der Waals surface area contributed by atoms with Gasteiger partial charge in [-0.15, -0.1) is 0 Å². The molecule has 0 saturated heterocycles. The van der Waals surface area contributed by atoms with Crippen LogP contribution in [-0.2, 0) is 6.61 Å². The van der Waals surface area contributed by atoms with Gasteiger partial charge in [-0.1, -0.05) is 42.5 Å². The van der Waals surface area contributed by atoms with Crippen molar-refractivity contribution in [1.29, 1.82) is 0 Å². The van der Waals surface area contributed by atoms with E-state index >= 15 is 0 Å². The summed E-state index contributed by atoms with van der Waals surface area (Å²) < 4.78 is 5.74. The Morgan fingerprint density at radius 3 is 2.20 bits per heavy atom. The monoisotopic (exact) mass is 271 g/mol. The van der Waals surface area contributed by atoms with Crippen LogP contribution in [0.25, 0.3) is 0 Å². The van der Waals surface area contributed by atoms with Crippen molar-refractivity contribution in [2.75, 3.05) is 20.7 Å². The Morgan fingerprint density at radius 1 is 1.00 bits per heavy atom. The van der Waals surface area contributed by atoms with Crippen LogP contribution in [0, 0.1) is 0 Å². The Hall–Kier alpha value is -1.84. The van der Waals surface area contributed by atoms with Gasteiger partial charge in [0.25, 0.3) is 0 Å². The predicted molar refractivity (Wildman–Crippen MR) is 80.7 cm³/mol. The molecule has 0 spiro atoms. The van der Waals surface area contributed by atoms with Gasteiger partial charge in [0.15, 0.2) is 0 Å². The zero-order valence-electron chi connectivity index (χ0n) is 12.0. The molecule has 0 heterocycles. The standard InChI is InChI=1S/C17H21NO2/c1-18(2)17(12-19)15-8-10-16(11-9-15)20-13-14-6-4-3-5-7-14/h3-11,17,19H,12-13H2,1-2H3/t17-/m1/s1. The van der Waals surface area contributed by atoms with E-state index in [2.05, 4.69) is 0 Å². The molecule has 0 amide bonds. The van der Waals surface area contributed by atoms with Gasteiger partial charge in [-0.05, 0) is 37.4 Å². The maximum atomic E-state index is 9.40. The molecule has 0 saturated carbocycles. The van der Waals surface area contributed by atoms with Crippen LogP contribution >= 0.6 is 0 Å². The first kappa shape index (κ1) is 14.6. The van der Waals surface area contributed by atoms with Gasteiger partial charge in [0.2, 0.25) is 0 Å². The molecular weight excluding hydrogens is 250 g/mol. The summed E-state index contributed by atoms with van der Waals surface area (Å²) in [6.45, 7) is 0.675. The van der Waals surface area contributed by atoms with Gasteiger partial charge in [0.1, 0.15) is 12.4 Å². The summed E-state index contributed by atoms with van der Waals surface area (Å²) >= 11 is 0. The zero-order valence-corrected chi connectivity index (χ0v) is 12.0. The van der Waals surface area contributed by atoms with E-state index in [1.165, 1.54) is 0 Å². The first-order valence-electron chi connectivity index (χ1n) is 6.74. The Labute approximate surface area is 120 Å². The second-order valence-corrected chi connectivity index (χ2v) is 5.01. The number of hydrogen-bond donors (Lipinski definition) is 1. The third-order valence-corrected chi connectivity index (χ3v) is 3.31. The maximum Gasteiger partial charge on any atom is 0.119 e. The summed E-state index contributed by atoms with van der Waals surface area (Å²) in [4.78, 5) is 2.00. The maximum absolute atomic E-state index is 9.40. The normalized spacial score (nSPS) is 12.4. The highest BCUT2D eigenvalue weighted by Crippen LogP contribution is 2.21. The average molecular weight is 271 g/mol. The average Bonchev–Trinajstić information content (AvgIpc) is 2.48. The minimum Gasteiger partial charge on any atom is -0.489 e. The molecule has 2 rings (SSSR count). The van der Waals surface area contributed by atoms with Gasteiger partial charge < -0.3 is 14.7 Å². The second-order valence-electron chi connectivity index (χ2n) is 5.01. The molecule has 3 heteroatoms. The van der Waals surface area contributed by atoms with Crippen molar-refractivity contribution in [3.05, 3.63) is 65.7 Å². The largest absolute Gasteiger partial charge is 0.489 e. The number of likely N-dealkylation sites (N-methyl/N-ethyl adjacent to an activating group) is 1. The molecule has 20 heavy (non-hydrogen) atoms. The van der Waals surface area contributed by atoms with Gasteiger partial charge in [-0.3, -0.25) is 0 Å². The third-order valence-electron chi connectivity index (χ3n) is 3.31. The fourth-order valence-corrected chi connectivity index (χ4v) is 2.09. The molecule has 0 aliphatic carbocycles. The molecule has 3 nitrogen and oxygen atoms in total. The Balaban J connectivity index is 1.98. The fourth-order valence-electron chi connectivity index (χ4n) is 2.09. The lowest BCUT2D eigenvalue weighted by Gasteiger charge is -2.22. The molecular formula is C17H21NO2. The van der Waals surface area contributed by atoms with E-state index < -0.39 is 0 Å². The number of rotatable bonds is 6. The first-order valence-corrected chi connectivity index (χ1v) is 6.74. The van der Waals surface area contributed by atoms with Crippen molar-refractivity contribution in [3.8, 4) is 5.75 Å². The highest BCUT2D eigenvalue weighted by Gasteiger charge is 2.12. The minimum atomic E-state index is 0.0261. The van der Waals surface area contributed by atoms with E-state index in [1.54, 1.807) is 0 Å². The van der Waals surface area contributed by atoms with E-state index in [9.17, 15) is 5.11 Å². The number of aliphatic hydroxyl groups excluding tert-OH is 1. The highest BCUT2D eigenvalue weighted by molar-refractivity contribution is 5.29. The summed E-state index contributed by atoms with van der Waals surface area (Å²) in [6.07, 6.45) is 0. The molecule has 1 atom stereocenters. The molecule has 0 unspecified atom stereocenters. The SMILES string of the molecule is CN(C)[C@H](CO)c1ccc(OCc2ccccc2)cc1. The van der Waals surface area contributed by atoms with Crippen LogP contribution < -0.4 is 4.74 Å². The highest BCUT2D eigenvalue weighted by atomic mass is 16.5. The summed E-state index contributed by atoms with van der Waals surface area (Å²) in [6, 6.07) is 18.0. The number of benzene rings is 2. The third kappa shape index (κ3) is 3.83. The smallest absolute Gasteiger partial charge is 0.119 e. The lowest BCUT2D eigenvalue weighted by atomic mass is 10.1. The van der Waals surface area contributed by atoms with Crippen LogP contribution in [0.15, 0.2) is 54.6 Å². The molecule has 106 valence electrons. The molecule has 0 radical (unpaired) electrons. The zero-order chi connectivity index (χ0) is 14.4. The number of aliphatic hydroxyl groups is 1. The Kier molecular flexibility index (Phi) is 5.16. The van der Waals surface area contributed by atoms with Crippen molar-refractivity contribution in [2.45, 2.75) is 12.6 Å². The van der Waals surface area contributed by atoms with Crippen molar-refractivity contribution in [1.82, 2.24) is 4.90 Å². The van der Waals surface area contributed by atoms with E-state index in [0.29, 0.717) is 6.61 Å². The van der Waals surface area contributed by atoms with Crippen molar-refractivity contribution in [2.24, 2.45) is 0 Å². The molecule has 2 aromatic rings. The van der Waals surface area contributed by atoms with Gasteiger partial charge in [-0.2, -0.15) is 0 Å². The molecule has 0 aliphatic rings. The van der Waals surface area contributed by atoms with E-state index in [1.807, 2.05) is 73.6 Å². The number of hydrogen-bond acceptors (Lipinski definition) is 3. The molecule has 0 bridgehead atoms. The van der Waals surface area contributed by atoms with Crippen LogP contribution in [0.1, 0.15) is 17.2 Å². The fraction of sp³-hybridized carbons (Fsp3) is 0.294. The van der Waals surface area contributed by atoms with Crippen molar-refractivity contribution < 1.29 is 9.84 Å². The quantitative estimate of drug-likeness (QED) is 0.877. The summed E-state index contributed by atoms with van der Waals surface area (Å²) in [5.41, 5.74) is 2.24. The Bertz CT molecular complexity index is 508. The molecule has 2 aromatic carbocycles. The summed E-state index contributed by atoms with van der Waals surface area (Å²) in [5, 5.41) is 9.40. The van der Waals surface area contributed by atoms with Crippen LogP contribution in [0.4, 0.5) is 0 Å². The molecule has 1 N–H and O–H groups in total. The van der Waals surface area contributed by atoms with Gasteiger partial charge in [-0.25, -0.2) is 0 Å². The van der Waals surface area contributed by atoms with Crippen LogP contribution in [0.5, 0.6) is 5.75 Å². The molecule has 0 aliphatic heterocycles. The molecule has 0 fully saturated rings. The molecule has 0 aromatic heterocycles. The van der Waals surface area contributed by atoms with Crippen molar-refractivity contribution >= 4 is 0 Å². The van der Waals surface area contributed by atoms with Gasteiger partial charge >= 0.3 is 0 Å². The number of ether oxygens (including phenoxy) is 1. The predicted octanol–water partition coefficient (Wildman–Crippen LogP) is 2.86. The van der Waals surface area contributed by atoms with E-state index in [-0.39, 0.29) is 12.6 Å². The van der Waals surface area contributed by atoms with Gasteiger partial charge in [0, 0.05) is 0 Å². The van der Waals surface area contributed by atoms with Crippen LogP contribution in [0.2, 0.25) is 0 Å². The second kappa shape index (κ2) is 7.08. The lowest BCUT2D eigenvalue weighted by Crippen LogP contribution is -2.22. The minimum absolute atomic E-state index is 0.0261. The summed E-state index contributed by atoms with van der Waals surface area (Å²) in [7, 11) is 3.92. The Morgan fingerprint density at radius 2 is 1.65 bits per heavy atom. The number of nitrogens with zero attached hydrogens (tertiary/aromatic N) is 1. The van der Waals surface area contributed by atoms with E-state index in [0.717, 1.165) is 16.9 Å². The summed E-state index contributed by atoms with van der Waals surface area (Å²) in [5.74, 6) is 0.841. The van der Waals surface area contributed by atoms with E-state index in [4.69, 9.17) is 4.74 Å².